The van der Waals surface area contributed by atoms with Crippen LogP contribution in [-0.2, 0) is 11.2 Å². The van der Waals surface area contributed by atoms with Crippen LogP contribution < -0.4 is 0 Å². The number of hydrogen-bond donors (Lipinski definition) is 1. The molecule has 1 saturated carbocycles. The average Bonchev–Trinajstić information content (AvgIpc) is 2.45. The lowest BCUT2D eigenvalue weighted by Gasteiger charge is -2.25. The zero-order valence-corrected chi connectivity index (χ0v) is 11.8. The molecule has 0 saturated heterocycles. The maximum absolute atomic E-state index is 11.6. The zero-order valence-electron chi connectivity index (χ0n) is 11.8. The largest absolute Gasteiger partial charge is 0.481 e. The molecule has 1 N–H and O–H groups in total. The maximum Gasteiger partial charge on any atom is 0.310 e. The molecule has 1 fully saturated rings. The lowest BCUT2D eigenvalue weighted by Crippen LogP contribution is -2.19. The maximum atomic E-state index is 11.6. The standard InChI is InChI=1S/C17H24O2/c1-2-14-10-6-7-11-15(14)16(17(18)19)12-13-8-4-3-5-9-13/h6-7,10-11,13,16H,2-5,8-9,12H2,1H3,(H,18,19). The van der Waals surface area contributed by atoms with Crippen LogP contribution in [0, 0.1) is 5.92 Å². The van der Waals surface area contributed by atoms with E-state index in [9.17, 15) is 9.90 Å². The molecule has 1 aliphatic carbocycles. The van der Waals surface area contributed by atoms with Gasteiger partial charge in [0.2, 0.25) is 0 Å². The Kier molecular flexibility index (Phi) is 5.00. The number of benzene rings is 1. The Hall–Kier alpha value is -1.31. The molecule has 0 aliphatic heterocycles. The number of aliphatic carboxylic acids is 1. The van der Waals surface area contributed by atoms with Gasteiger partial charge in [0.15, 0.2) is 0 Å². The van der Waals surface area contributed by atoms with Crippen LogP contribution in [-0.4, -0.2) is 11.1 Å². The number of aryl methyl sites for hydroxylation is 1. The van der Waals surface area contributed by atoms with Gasteiger partial charge in [-0.25, -0.2) is 0 Å². The van der Waals surface area contributed by atoms with E-state index >= 15 is 0 Å². The van der Waals surface area contributed by atoms with Crippen LogP contribution in [0.4, 0.5) is 0 Å². The summed E-state index contributed by atoms with van der Waals surface area (Å²) in [7, 11) is 0. The predicted molar refractivity (Wildman–Crippen MR) is 77.4 cm³/mol. The summed E-state index contributed by atoms with van der Waals surface area (Å²) in [5, 5.41) is 9.58. The third-order valence-electron chi connectivity index (χ3n) is 4.40. The molecule has 0 radical (unpaired) electrons. The van der Waals surface area contributed by atoms with Crippen molar-refractivity contribution in [1.82, 2.24) is 0 Å². The number of hydrogen-bond acceptors (Lipinski definition) is 1. The molecule has 1 atom stereocenters. The van der Waals surface area contributed by atoms with Crippen LogP contribution in [0.1, 0.15) is 62.5 Å². The molecule has 0 heterocycles. The smallest absolute Gasteiger partial charge is 0.310 e. The van der Waals surface area contributed by atoms with Gasteiger partial charge in [0.1, 0.15) is 0 Å². The molecule has 1 unspecified atom stereocenters. The average molecular weight is 260 g/mol. The Morgan fingerprint density at radius 3 is 2.58 bits per heavy atom. The first-order valence-corrected chi connectivity index (χ1v) is 7.53. The highest BCUT2D eigenvalue weighted by molar-refractivity contribution is 5.76. The van der Waals surface area contributed by atoms with Crippen LogP contribution in [0.2, 0.25) is 0 Å². The minimum absolute atomic E-state index is 0.320. The van der Waals surface area contributed by atoms with E-state index in [1.54, 1.807) is 0 Å². The van der Waals surface area contributed by atoms with Crippen molar-refractivity contribution >= 4 is 5.97 Å². The first-order chi connectivity index (χ1) is 9.22. The van der Waals surface area contributed by atoms with Crippen LogP contribution in [0.15, 0.2) is 24.3 Å². The second-order valence-corrected chi connectivity index (χ2v) is 5.68. The second kappa shape index (κ2) is 6.74. The number of rotatable bonds is 5. The summed E-state index contributed by atoms with van der Waals surface area (Å²) >= 11 is 0. The number of carboxylic acids is 1. The van der Waals surface area contributed by atoms with Gasteiger partial charge in [-0.3, -0.25) is 4.79 Å². The summed E-state index contributed by atoms with van der Waals surface area (Å²) in [6, 6.07) is 8.03. The van der Waals surface area contributed by atoms with Gasteiger partial charge in [0, 0.05) is 0 Å². The second-order valence-electron chi connectivity index (χ2n) is 5.68. The SMILES string of the molecule is CCc1ccccc1C(CC1CCCCC1)C(=O)O. The van der Waals surface area contributed by atoms with Gasteiger partial charge in [0.25, 0.3) is 0 Å². The van der Waals surface area contributed by atoms with Gasteiger partial charge in [-0.2, -0.15) is 0 Å². The van der Waals surface area contributed by atoms with Crippen molar-refractivity contribution in [1.29, 1.82) is 0 Å². The van der Waals surface area contributed by atoms with E-state index < -0.39 is 5.97 Å². The van der Waals surface area contributed by atoms with Gasteiger partial charge in [0.05, 0.1) is 5.92 Å². The fourth-order valence-electron chi connectivity index (χ4n) is 3.31. The first kappa shape index (κ1) is 14.1. The van der Waals surface area contributed by atoms with Crippen LogP contribution in [0.25, 0.3) is 0 Å². The Balaban J connectivity index is 2.17. The minimum Gasteiger partial charge on any atom is -0.481 e. The van der Waals surface area contributed by atoms with Crippen molar-refractivity contribution in [3.05, 3.63) is 35.4 Å². The van der Waals surface area contributed by atoms with E-state index in [-0.39, 0.29) is 5.92 Å². The van der Waals surface area contributed by atoms with Gasteiger partial charge in [-0.15, -0.1) is 0 Å². The summed E-state index contributed by atoms with van der Waals surface area (Å²) in [5.74, 6) is -0.384. The first-order valence-electron chi connectivity index (χ1n) is 7.53. The summed E-state index contributed by atoms with van der Waals surface area (Å²) in [6.45, 7) is 2.10. The molecule has 0 aromatic heterocycles. The van der Waals surface area contributed by atoms with Crippen LogP contribution in [0.3, 0.4) is 0 Å². The van der Waals surface area contributed by atoms with Crippen molar-refractivity contribution < 1.29 is 9.90 Å². The van der Waals surface area contributed by atoms with Crippen LogP contribution in [0.5, 0.6) is 0 Å². The summed E-state index contributed by atoms with van der Waals surface area (Å²) < 4.78 is 0. The van der Waals surface area contributed by atoms with Gasteiger partial charge in [-0.1, -0.05) is 63.3 Å². The molecule has 1 aromatic rings. The summed E-state index contributed by atoms with van der Waals surface area (Å²) in [5.41, 5.74) is 2.22. The van der Waals surface area contributed by atoms with Crippen molar-refractivity contribution in [2.45, 2.75) is 57.8 Å². The van der Waals surface area contributed by atoms with Gasteiger partial charge in [-0.05, 0) is 29.9 Å². The fourth-order valence-corrected chi connectivity index (χ4v) is 3.31. The molecule has 0 spiro atoms. The normalized spacial score (nSPS) is 18.2. The molecule has 0 bridgehead atoms. The number of carboxylic acid groups (broad SMARTS) is 1. The molecular weight excluding hydrogens is 236 g/mol. The Morgan fingerprint density at radius 2 is 1.95 bits per heavy atom. The van der Waals surface area contributed by atoms with Crippen molar-refractivity contribution in [2.75, 3.05) is 0 Å². The topological polar surface area (TPSA) is 37.3 Å². The van der Waals surface area contributed by atoms with Crippen molar-refractivity contribution in [3.63, 3.8) is 0 Å². The van der Waals surface area contributed by atoms with Gasteiger partial charge < -0.3 is 5.11 Å². The molecule has 2 rings (SSSR count). The highest BCUT2D eigenvalue weighted by atomic mass is 16.4. The summed E-state index contributed by atoms with van der Waals surface area (Å²) in [4.78, 5) is 11.6. The number of carbonyl (C=O) groups is 1. The Bertz CT molecular complexity index is 419. The van der Waals surface area contributed by atoms with Crippen molar-refractivity contribution in [2.24, 2.45) is 5.92 Å². The monoisotopic (exact) mass is 260 g/mol. The van der Waals surface area contributed by atoms with Crippen molar-refractivity contribution in [3.8, 4) is 0 Å². The highest BCUT2D eigenvalue weighted by Gasteiger charge is 2.26. The quantitative estimate of drug-likeness (QED) is 0.852. The van der Waals surface area contributed by atoms with E-state index in [1.165, 1.54) is 37.7 Å². The zero-order chi connectivity index (χ0) is 13.7. The molecule has 2 heteroatoms. The van der Waals surface area contributed by atoms with E-state index in [4.69, 9.17) is 0 Å². The minimum atomic E-state index is -0.661. The molecule has 1 aliphatic rings. The molecule has 19 heavy (non-hydrogen) atoms. The molecule has 104 valence electrons. The fraction of sp³-hybridized carbons (Fsp3) is 0.588. The van der Waals surface area contributed by atoms with Gasteiger partial charge >= 0.3 is 5.97 Å². The Morgan fingerprint density at radius 1 is 1.26 bits per heavy atom. The third-order valence-corrected chi connectivity index (χ3v) is 4.40. The van der Waals surface area contributed by atoms with E-state index in [2.05, 4.69) is 13.0 Å². The predicted octanol–water partition coefficient (Wildman–Crippen LogP) is 4.39. The van der Waals surface area contributed by atoms with E-state index in [0.29, 0.717) is 5.92 Å². The highest BCUT2D eigenvalue weighted by Crippen LogP contribution is 2.34. The summed E-state index contributed by atoms with van der Waals surface area (Å²) in [6.07, 6.45) is 7.99. The van der Waals surface area contributed by atoms with E-state index in [1.807, 2.05) is 18.2 Å². The van der Waals surface area contributed by atoms with E-state index in [0.717, 1.165) is 18.4 Å². The molecular formula is C17H24O2. The molecule has 0 amide bonds. The molecule has 1 aromatic carbocycles. The lowest BCUT2D eigenvalue weighted by atomic mass is 9.79. The molecule has 2 nitrogen and oxygen atoms in total. The lowest BCUT2D eigenvalue weighted by molar-refractivity contribution is -0.139. The third kappa shape index (κ3) is 3.59. The van der Waals surface area contributed by atoms with Crippen LogP contribution >= 0.6 is 0 Å². The Labute approximate surface area is 115 Å².